The lowest BCUT2D eigenvalue weighted by atomic mass is 10.0. The van der Waals surface area contributed by atoms with Gasteiger partial charge in [0.1, 0.15) is 5.58 Å². The van der Waals surface area contributed by atoms with Crippen LogP contribution >= 0.6 is 0 Å². The van der Waals surface area contributed by atoms with E-state index in [0.29, 0.717) is 22.8 Å². The van der Waals surface area contributed by atoms with E-state index in [1.54, 1.807) is 26.5 Å². The number of benzene rings is 2. The summed E-state index contributed by atoms with van der Waals surface area (Å²) in [5.41, 5.74) is 2.35. The number of methoxy groups -OCH3 is 2. The molecule has 2 heterocycles. The summed E-state index contributed by atoms with van der Waals surface area (Å²) in [6, 6.07) is 15.2. The van der Waals surface area contributed by atoms with Crippen molar-refractivity contribution in [2.24, 2.45) is 5.92 Å². The number of carbonyl (C=O) groups excluding carboxylic acids is 1. The van der Waals surface area contributed by atoms with E-state index >= 15 is 0 Å². The van der Waals surface area contributed by atoms with E-state index < -0.39 is 6.10 Å². The molecule has 0 bridgehead atoms. The molecule has 1 unspecified atom stereocenters. The van der Waals surface area contributed by atoms with Gasteiger partial charge in [-0.1, -0.05) is 12.1 Å². The minimum Gasteiger partial charge on any atom is -0.493 e. The Kier molecular flexibility index (Phi) is 4.54. The van der Waals surface area contributed by atoms with Crippen LogP contribution in [0.4, 0.5) is 0 Å². The van der Waals surface area contributed by atoms with Gasteiger partial charge in [0.15, 0.2) is 23.4 Å². The zero-order valence-corrected chi connectivity index (χ0v) is 16.8. The monoisotopic (exact) mass is 403 g/mol. The first-order valence-corrected chi connectivity index (χ1v) is 9.87. The first-order valence-electron chi connectivity index (χ1n) is 9.87. The maximum Gasteiger partial charge on any atom is 0.309 e. The number of fused-ring (bicyclic) bond motifs is 2. The first kappa shape index (κ1) is 18.5. The van der Waals surface area contributed by atoms with Gasteiger partial charge in [0.25, 0.3) is 0 Å². The van der Waals surface area contributed by atoms with Crippen molar-refractivity contribution < 1.29 is 23.4 Å². The number of nitrogens with zero attached hydrogens (tertiary/aromatic N) is 1. The summed E-state index contributed by atoms with van der Waals surface area (Å²) < 4.78 is 22.8. The van der Waals surface area contributed by atoms with Gasteiger partial charge in [0.05, 0.1) is 25.7 Å². The fraction of sp³-hybridized carbons (Fsp3) is 0.250. The number of pyridine rings is 1. The largest absolute Gasteiger partial charge is 0.493 e. The van der Waals surface area contributed by atoms with Crippen LogP contribution in [-0.4, -0.2) is 25.2 Å². The van der Waals surface area contributed by atoms with Gasteiger partial charge in [-0.2, -0.15) is 0 Å². The molecular formula is C24H21NO5. The van der Waals surface area contributed by atoms with Crippen molar-refractivity contribution in [1.29, 1.82) is 0 Å². The van der Waals surface area contributed by atoms with Crippen molar-refractivity contribution >= 4 is 27.8 Å². The number of furan rings is 1. The van der Waals surface area contributed by atoms with Crippen LogP contribution in [0.1, 0.15) is 30.3 Å². The molecule has 0 saturated heterocycles. The van der Waals surface area contributed by atoms with E-state index in [1.807, 2.05) is 42.5 Å². The summed E-state index contributed by atoms with van der Waals surface area (Å²) in [7, 11) is 3.17. The maximum atomic E-state index is 12.5. The number of aromatic nitrogens is 1. The summed E-state index contributed by atoms with van der Waals surface area (Å²) in [6.45, 7) is 0. The predicted molar refractivity (Wildman–Crippen MR) is 112 cm³/mol. The summed E-state index contributed by atoms with van der Waals surface area (Å²) in [5, 5.41) is 1.82. The van der Waals surface area contributed by atoms with Gasteiger partial charge in [0.2, 0.25) is 0 Å². The van der Waals surface area contributed by atoms with Gasteiger partial charge in [-0.15, -0.1) is 0 Å². The molecule has 0 aliphatic heterocycles. The minimum atomic E-state index is -0.646. The average Bonchev–Trinajstić information content (AvgIpc) is 3.55. The van der Waals surface area contributed by atoms with E-state index in [4.69, 9.17) is 18.6 Å². The van der Waals surface area contributed by atoms with Crippen molar-refractivity contribution in [3.8, 4) is 11.5 Å². The highest BCUT2D eigenvalue weighted by atomic mass is 16.6. The van der Waals surface area contributed by atoms with Crippen LogP contribution in [0.25, 0.3) is 21.9 Å². The van der Waals surface area contributed by atoms with Crippen molar-refractivity contribution in [2.75, 3.05) is 14.2 Å². The first-order chi connectivity index (χ1) is 14.7. The normalized spacial score (nSPS) is 14.6. The number of hydrogen-bond donors (Lipinski definition) is 0. The second kappa shape index (κ2) is 7.37. The summed E-state index contributed by atoms with van der Waals surface area (Å²) in [4.78, 5) is 16.9. The van der Waals surface area contributed by atoms with Gasteiger partial charge in [0, 0.05) is 28.6 Å². The summed E-state index contributed by atoms with van der Waals surface area (Å²) in [6.07, 6.45) is 2.86. The van der Waals surface area contributed by atoms with Crippen molar-refractivity contribution in [3.05, 3.63) is 66.1 Å². The van der Waals surface area contributed by atoms with Crippen molar-refractivity contribution in [3.63, 3.8) is 0 Å². The lowest BCUT2D eigenvalue weighted by Crippen LogP contribution is -2.13. The molecule has 0 radical (unpaired) electrons. The summed E-state index contributed by atoms with van der Waals surface area (Å²) in [5.74, 6) is 1.54. The number of ether oxygens (including phenoxy) is 3. The van der Waals surface area contributed by atoms with Gasteiger partial charge in [-0.25, -0.2) is 0 Å². The molecule has 6 nitrogen and oxygen atoms in total. The van der Waals surface area contributed by atoms with E-state index in [9.17, 15) is 4.79 Å². The average molecular weight is 403 g/mol. The quantitative estimate of drug-likeness (QED) is 0.420. The van der Waals surface area contributed by atoms with Crippen molar-refractivity contribution in [2.45, 2.75) is 18.9 Å². The lowest BCUT2D eigenvalue weighted by molar-refractivity contribution is -0.149. The topological polar surface area (TPSA) is 70.8 Å². The molecule has 1 aliphatic carbocycles. The maximum absolute atomic E-state index is 12.5. The Morgan fingerprint density at radius 3 is 2.60 bits per heavy atom. The van der Waals surface area contributed by atoms with E-state index in [2.05, 4.69) is 4.98 Å². The van der Waals surface area contributed by atoms with Crippen LogP contribution in [0.15, 0.2) is 59.1 Å². The molecule has 0 amide bonds. The molecule has 2 aromatic heterocycles. The molecule has 1 fully saturated rings. The SMILES string of the molecule is COc1cc2cc(C(OC(=O)C3CC3)c3ccc4ncccc4c3)oc2cc1OC. The zero-order valence-electron chi connectivity index (χ0n) is 16.8. The number of hydrogen-bond acceptors (Lipinski definition) is 6. The van der Waals surface area contributed by atoms with Gasteiger partial charge >= 0.3 is 5.97 Å². The molecule has 2 aromatic carbocycles. The van der Waals surface area contributed by atoms with E-state index in [0.717, 1.165) is 34.7 Å². The molecule has 0 N–H and O–H groups in total. The van der Waals surface area contributed by atoms with Crippen LogP contribution in [0, 0.1) is 5.92 Å². The Labute approximate surface area is 173 Å². The highest BCUT2D eigenvalue weighted by Gasteiger charge is 2.34. The summed E-state index contributed by atoms with van der Waals surface area (Å²) >= 11 is 0. The Hall–Kier alpha value is -3.54. The van der Waals surface area contributed by atoms with Gasteiger partial charge in [-0.3, -0.25) is 9.78 Å². The Bertz CT molecular complexity index is 1200. The van der Waals surface area contributed by atoms with Crippen LogP contribution in [-0.2, 0) is 9.53 Å². The second-order valence-corrected chi connectivity index (χ2v) is 7.44. The molecule has 1 saturated carbocycles. The number of rotatable bonds is 6. The highest BCUT2D eigenvalue weighted by Crippen LogP contribution is 2.39. The predicted octanol–water partition coefficient (Wildman–Crippen LogP) is 5.04. The smallest absolute Gasteiger partial charge is 0.309 e. The van der Waals surface area contributed by atoms with Crippen LogP contribution in [0.3, 0.4) is 0 Å². The number of carbonyl (C=O) groups is 1. The molecule has 4 aromatic rings. The third kappa shape index (κ3) is 3.34. The standard InChI is InChI=1S/C24H21NO5/c1-27-20-11-17-12-22(29-19(17)13-21(20)28-2)23(30-24(26)14-5-6-14)16-7-8-18-15(10-16)4-3-9-25-18/h3-4,7-14,23H,5-6H2,1-2H3. The molecule has 1 aliphatic rings. The second-order valence-electron chi connectivity index (χ2n) is 7.44. The van der Waals surface area contributed by atoms with Crippen LogP contribution in [0.5, 0.6) is 11.5 Å². The zero-order chi connectivity index (χ0) is 20.7. The van der Waals surface area contributed by atoms with Gasteiger partial charge in [-0.05, 0) is 43.2 Å². The fourth-order valence-corrected chi connectivity index (χ4v) is 3.60. The molecule has 0 spiro atoms. The van der Waals surface area contributed by atoms with Crippen molar-refractivity contribution in [1.82, 2.24) is 4.98 Å². The fourth-order valence-electron chi connectivity index (χ4n) is 3.60. The molecular weight excluding hydrogens is 382 g/mol. The molecule has 30 heavy (non-hydrogen) atoms. The van der Waals surface area contributed by atoms with E-state index in [1.165, 1.54) is 0 Å². The Morgan fingerprint density at radius 2 is 1.83 bits per heavy atom. The number of esters is 1. The highest BCUT2D eigenvalue weighted by molar-refractivity contribution is 5.83. The van der Waals surface area contributed by atoms with Crippen LogP contribution < -0.4 is 9.47 Å². The third-order valence-corrected chi connectivity index (χ3v) is 5.37. The molecule has 152 valence electrons. The lowest BCUT2D eigenvalue weighted by Gasteiger charge is -2.16. The Balaban J connectivity index is 1.60. The minimum absolute atomic E-state index is 0.0146. The Morgan fingerprint density at radius 1 is 1.03 bits per heavy atom. The van der Waals surface area contributed by atoms with Crippen LogP contribution in [0.2, 0.25) is 0 Å². The molecule has 6 heteroatoms. The third-order valence-electron chi connectivity index (χ3n) is 5.37. The molecule has 5 rings (SSSR count). The van der Waals surface area contributed by atoms with E-state index in [-0.39, 0.29) is 11.9 Å². The van der Waals surface area contributed by atoms with Gasteiger partial charge < -0.3 is 18.6 Å². The molecule has 1 atom stereocenters.